The van der Waals surface area contributed by atoms with Gasteiger partial charge < -0.3 is 13.9 Å². The Labute approximate surface area is 184 Å². The molecule has 2 aromatic heterocycles. The molecule has 0 saturated heterocycles. The second kappa shape index (κ2) is 9.47. The quantitative estimate of drug-likeness (QED) is 0.433. The molecule has 0 aliphatic heterocycles. The minimum absolute atomic E-state index is 0.0786. The van der Waals surface area contributed by atoms with Crippen LogP contribution < -0.4 is 4.74 Å². The third kappa shape index (κ3) is 4.88. The van der Waals surface area contributed by atoms with Gasteiger partial charge in [-0.15, -0.1) is 0 Å². The molecule has 2 heterocycles. The number of hydrogen-bond donors (Lipinski definition) is 0. The predicted octanol–water partition coefficient (Wildman–Crippen LogP) is 5.73. The fourth-order valence-electron chi connectivity index (χ4n) is 3.68. The number of carbonyl (C=O) groups is 1. The van der Waals surface area contributed by atoms with Crippen molar-refractivity contribution in [3.05, 3.63) is 59.0 Å². The van der Waals surface area contributed by atoms with Crippen LogP contribution in [0.1, 0.15) is 44.0 Å². The summed E-state index contributed by atoms with van der Waals surface area (Å²) in [5.41, 5.74) is 2.26. The summed E-state index contributed by atoms with van der Waals surface area (Å²) >= 11 is 6.16. The van der Waals surface area contributed by atoms with Crippen LogP contribution in [0.4, 0.5) is 4.39 Å². The molecular formula is C23H22ClFN2O4. The van der Waals surface area contributed by atoms with Crippen LogP contribution in [0.3, 0.4) is 0 Å². The first-order valence-corrected chi connectivity index (χ1v) is 10.6. The molecule has 1 unspecified atom stereocenters. The highest BCUT2D eigenvalue weighted by Crippen LogP contribution is 2.32. The first-order valence-electron chi connectivity index (χ1n) is 10.2. The van der Waals surface area contributed by atoms with Gasteiger partial charge in [-0.3, -0.25) is 4.79 Å². The lowest BCUT2D eigenvalue weighted by atomic mass is 9.87. The maximum absolute atomic E-state index is 14.3. The zero-order valence-corrected chi connectivity index (χ0v) is 17.8. The summed E-state index contributed by atoms with van der Waals surface area (Å²) < 4.78 is 30.4. The molecule has 0 N–H and O–H groups in total. The van der Waals surface area contributed by atoms with Crippen molar-refractivity contribution in [2.45, 2.75) is 39.2 Å². The molecule has 0 radical (unpaired) electrons. The van der Waals surface area contributed by atoms with Gasteiger partial charge in [0.2, 0.25) is 5.82 Å². The number of furan rings is 1. The maximum Gasteiger partial charge on any atom is 0.306 e. The minimum atomic E-state index is -0.634. The van der Waals surface area contributed by atoms with Crippen molar-refractivity contribution in [3.8, 4) is 5.88 Å². The van der Waals surface area contributed by atoms with E-state index in [0.717, 1.165) is 35.6 Å². The summed E-state index contributed by atoms with van der Waals surface area (Å²) in [7, 11) is 0. The van der Waals surface area contributed by atoms with Crippen LogP contribution >= 0.6 is 11.6 Å². The normalized spacial score (nSPS) is 16.2. The van der Waals surface area contributed by atoms with E-state index in [2.05, 4.69) is 9.97 Å². The number of ether oxygens (including phenoxy) is 2. The molecule has 1 aromatic carbocycles. The average molecular weight is 445 g/mol. The Kier molecular flexibility index (Phi) is 6.51. The summed E-state index contributed by atoms with van der Waals surface area (Å²) in [6, 6.07) is 5.30. The molecule has 31 heavy (non-hydrogen) atoms. The number of hydrogen-bond acceptors (Lipinski definition) is 6. The van der Waals surface area contributed by atoms with Crippen LogP contribution in [0.2, 0.25) is 5.02 Å². The molecule has 1 atom stereocenters. The van der Waals surface area contributed by atoms with Crippen LogP contribution in [0.15, 0.2) is 41.2 Å². The van der Waals surface area contributed by atoms with E-state index in [9.17, 15) is 9.18 Å². The van der Waals surface area contributed by atoms with Gasteiger partial charge in [-0.1, -0.05) is 23.7 Å². The van der Waals surface area contributed by atoms with Crippen molar-refractivity contribution < 1.29 is 23.1 Å². The molecule has 4 rings (SSSR count). The number of rotatable bonds is 7. The lowest BCUT2D eigenvalue weighted by Gasteiger charge is -2.20. The van der Waals surface area contributed by atoms with Gasteiger partial charge in [0.15, 0.2) is 5.82 Å². The maximum atomic E-state index is 14.3. The number of nitrogens with zero attached hydrogens (tertiary/aromatic N) is 2. The lowest BCUT2D eigenvalue weighted by molar-refractivity contribution is -0.144. The van der Waals surface area contributed by atoms with Crippen molar-refractivity contribution >= 4 is 34.1 Å². The number of aromatic nitrogens is 2. The number of fused-ring (bicyclic) bond motifs is 1. The van der Waals surface area contributed by atoms with Crippen LogP contribution in [-0.4, -0.2) is 22.5 Å². The van der Waals surface area contributed by atoms with Gasteiger partial charge in [0.05, 0.1) is 24.1 Å². The minimum Gasteiger partial charge on any atom is -0.470 e. The molecule has 162 valence electrons. The number of carbonyl (C=O) groups excluding carboxylic acids is 1. The van der Waals surface area contributed by atoms with E-state index in [1.807, 2.05) is 6.08 Å². The van der Waals surface area contributed by atoms with E-state index in [4.69, 9.17) is 25.5 Å². The SMILES string of the molecule is CCOC(=O)CC1CC=C(c2ncc(F)c(OCc3ccc(Cl)c4ccoc34)n2)CC1. The molecule has 0 fully saturated rings. The van der Waals surface area contributed by atoms with E-state index < -0.39 is 5.82 Å². The predicted molar refractivity (Wildman–Crippen MR) is 114 cm³/mol. The smallest absolute Gasteiger partial charge is 0.306 e. The van der Waals surface area contributed by atoms with Gasteiger partial charge in [-0.2, -0.15) is 9.37 Å². The molecule has 0 spiro atoms. The Bertz CT molecular complexity index is 1130. The topological polar surface area (TPSA) is 74.5 Å². The van der Waals surface area contributed by atoms with E-state index in [1.54, 1.807) is 31.4 Å². The molecule has 3 aromatic rings. The standard InChI is InChI=1S/C23H22ClFN2O4/c1-2-29-20(28)11-14-3-5-15(6-4-14)22-26-12-19(25)23(27-22)31-13-16-7-8-18(24)17-9-10-30-21(16)17/h5,7-10,12,14H,2-4,6,11,13H2,1H3. The molecule has 0 bridgehead atoms. The van der Waals surface area contributed by atoms with Gasteiger partial charge >= 0.3 is 5.97 Å². The zero-order chi connectivity index (χ0) is 21.8. The van der Waals surface area contributed by atoms with E-state index in [-0.39, 0.29) is 24.4 Å². The number of benzene rings is 1. The summed E-state index contributed by atoms with van der Waals surface area (Å²) in [4.78, 5) is 20.1. The summed E-state index contributed by atoms with van der Waals surface area (Å²) in [5.74, 6) is -0.255. The van der Waals surface area contributed by atoms with Crippen LogP contribution in [0, 0.1) is 11.7 Å². The molecule has 1 aliphatic carbocycles. The second-order valence-electron chi connectivity index (χ2n) is 7.38. The Hall–Kier alpha value is -2.93. The van der Waals surface area contributed by atoms with Gasteiger partial charge in [0.1, 0.15) is 12.2 Å². The largest absolute Gasteiger partial charge is 0.470 e. The van der Waals surface area contributed by atoms with Gasteiger partial charge in [0, 0.05) is 17.4 Å². The Morgan fingerprint density at radius 2 is 2.23 bits per heavy atom. The molecule has 0 amide bonds. The van der Waals surface area contributed by atoms with Gasteiger partial charge in [0.25, 0.3) is 5.88 Å². The van der Waals surface area contributed by atoms with Crippen LogP contribution in [0.5, 0.6) is 5.88 Å². The van der Waals surface area contributed by atoms with Gasteiger partial charge in [-0.05, 0) is 49.8 Å². The lowest BCUT2D eigenvalue weighted by Crippen LogP contribution is -2.14. The van der Waals surface area contributed by atoms with E-state index in [0.29, 0.717) is 35.9 Å². The monoisotopic (exact) mass is 444 g/mol. The number of halogens is 2. The first-order chi connectivity index (χ1) is 15.0. The summed E-state index contributed by atoms with van der Waals surface area (Å²) in [5, 5.41) is 1.35. The summed E-state index contributed by atoms with van der Waals surface area (Å²) in [6.07, 6.45) is 7.34. The third-order valence-corrected chi connectivity index (χ3v) is 5.62. The van der Waals surface area contributed by atoms with Crippen LogP contribution in [0.25, 0.3) is 16.5 Å². The highest BCUT2D eigenvalue weighted by atomic mass is 35.5. The highest BCUT2D eigenvalue weighted by molar-refractivity contribution is 6.35. The Morgan fingerprint density at radius 3 is 3.00 bits per heavy atom. The van der Waals surface area contributed by atoms with E-state index >= 15 is 0 Å². The number of allylic oxidation sites excluding steroid dienone is 2. The Morgan fingerprint density at radius 1 is 1.35 bits per heavy atom. The van der Waals surface area contributed by atoms with E-state index in [1.165, 1.54) is 0 Å². The van der Waals surface area contributed by atoms with Crippen molar-refractivity contribution in [2.75, 3.05) is 6.61 Å². The summed E-state index contributed by atoms with van der Waals surface area (Å²) in [6.45, 7) is 2.27. The first kappa shape index (κ1) is 21.3. The van der Waals surface area contributed by atoms with Crippen LogP contribution in [-0.2, 0) is 16.1 Å². The molecule has 8 heteroatoms. The zero-order valence-electron chi connectivity index (χ0n) is 17.1. The van der Waals surface area contributed by atoms with Gasteiger partial charge in [-0.25, -0.2) is 4.98 Å². The molecule has 1 aliphatic rings. The number of esters is 1. The Balaban J connectivity index is 1.45. The fraction of sp³-hybridized carbons (Fsp3) is 0.348. The fourth-order valence-corrected chi connectivity index (χ4v) is 3.90. The molecule has 6 nitrogen and oxygen atoms in total. The molecule has 0 saturated carbocycles. The highest BCUT2D eigenvalue weighted by Gasteiger charge is 2.21. The van der Waals surface area contributed by atoms with Crippen molar-refractivity contribution in [1.29, 1.82) is 0 Å². The van der Waals surface area contributed by atoms with Crippen molar-refractivity contribution in [3.63, 3.8) is 0 Å². The molecular weight excluding hydrogens is 423 g/mol. The average Bonchev–Trinajstić information content (AvgIpc) is 3.26. The second-order valence-corrected chi connectivity index (χ2v) is 7.79. The van der Waals surface area contributed by atoms with Crippen molar-refractivity contribution in [1.82, 2.24) is 9.97 Å². The van der Waals surface area contributed by atoms with Crippen molar-refractivity contribution in [2.24, 2.45) is 5.92 Å². The third-order valence-electron chi connectivity index (χ3n) is 5.29.